The van der Waals surface area contributed by atoms with Crippen molar-refractivity contribution in [3.63, 3.8) is 0 Å². The van der Waals surface area contributed by atoms with Crippen molar-refractivity contribution in [1.82, 2.24) is 4.90 Å². The third-order valence-electron chi connectivity index (χ3n) is 3.09. The highest BCUT2D eigenvalue weighted by atomic mass is 32.2. The van der Waals surface area contributed by atoms with E-state index in [4.69, 9.17) is 4.74 Å². The van der Waals surface area contributed by atoms with E-state index in [-0.39, 0.29) is 11.7 Å². The number of ether oxygens (including phenoxy) is 1. The Morgan fingerprint density at radius 1 is 1.30 bits per heavy atom. The lowest BCUT2D eigenvalue weighted by atomic mass is 10.3. The van der Waals surface area contributed by atoms with Crippen molar-refractivity contribution in [2.45, 2.75) is 19.4 Å². The van der Waals surface area contributed by atoms with Crippen LogP contribution in [-0.4, -0.2) is 41.5 Å². The number of benzene rings is 1. The Kier molecular flexibility index (Phi) is 5.23. The van der Waals surface area contributed by atoms with E-state index in [1.807, 2.05) is 11.8 Å². The van der Waals surface area contributed by atoms with Crippen molar-refractivity contribution >= 4 is 17.7 Å². The van der Waals surface area contributed by atoms with Crippen molar-refractivity contribution < 1.29 is 18.3 Å². The predicted octanol–water partition coefficient (Wildman–Crippen LogP) is 2.70. The molecule has 0 bridgehead atoms. The number of nitrogens with zero attached hydrogens (tertiary/aromatic N) is 1. The van der Waals surface area contributed by atoms with Gasteiger partial charge in [-0.2, -0.15) is 11.8 Å². The van der Waals surface area contributed by atoms with Gasteiger partial charge in [0.15, 0.2) is 17.7 Å². The average molecular weight is 301 g/mol. The lowest BCUT2D eigenvalue weighted by molar-refractivity contribution is -0.137. The molecule has 20 heavy (non-hydrogen) atoms. The first kappa shape index (κ1) is 15.1. The van der Waals surface area contributed by atoms with Crippen LogP contribution in [0.2, 0.25) is 0 Å². The van der Waals surface area contributed by atoms with Gasteiger partial charge < -0.3 is 9.64 Å². The molecule has 110 valence electrons. The first-order valence-electron chi connectivity index (χ1n) is 6.56. The maximum atomic E-state index is 13.1. The largest absolute Gasteiger partial charge is 0.481 e. The lowest BCUT2D eigenvalue weighted by Crippen LogP contribution is -2.41. The average Bonchev–Trinajstić information content (AvgIpc) is 2.71. The second-order valence-electron chi connectivity index (χ2n) is 4.63. The summed E-state index contributed by atoms with van der Waals surface area (Å²) in [5, 5.41) is 0. The summed E-state index contributed by atoms with van der Waals surface area (Å²) in [7, 11) is 0. The quantitative estimate of drug-likeness (QED) is 0.860. The number of thioether (sulfide) groups is 1. The molecule has 1 aliphatic heterocycles. The zero-order valence-corrected chi connectivity index (χ0v) is 12.1. The maximum absolute atomic E-state index is 13.1. The van der Waals surface area contributed by atoms with Crippen LogP contribution in [-0.2, 0) is 4.79 Å². The summed E-state index contributed by atoms with van der Waals surface area (Å²) in [4.78, 5) is 14.0. The van der Waals surface area contributed by atoms with Crippen LogP contribution in [0.3, 0.4) is 0 Å². The van der Waals surface area contributed by atoms with Crippen LogP contribution in [0.25, 0.3) is 0 Å². The summed E-state index contributed by atoms with van der Waals surface area (Å²) >= 11 is 1.83. The van der Waals surface area contributed by atoms with Crippen LogP contribution in [0.15, 0.2) is 18.2 Å². The molecule has 0 N–H and O–H groups in total. The Morgan fingerprint density at radius 2 is 2.10 bits per heavy atom. The number of rotatable bonds is 3. The van der Waals surface area contributed by atoms with Crippen molar-refractivity contribution in [2.75, 3.05) is 24.6 Å². The Morgan fingerprint density at radius 3 is 2.85 bits per heavy atom. The van der Waals surface area contributed by atoms with Crippen molar-refractivity contribution in [2.24, 2.45) is 0 Å². The number of hydrogen-bond donors (Lipinski definition) is 0. The van der Waals surface area contributed by atoms with E-state index in [2.05, 4.69) is 0 Å². The number of halogens is 2. The Balaban J connectivity index is 1.97. The zero-order valence-electron chi connectivity index (χ0n) is 11.3. The predicted molar refractivity (Wildman–Crippen MR) is 75.0 cm³/mol. The van der Waals surface area contributed by atoms with Gasteiger partial charge in [-0.25, -0.2) is 8.78 Å². The molecule has 3 nitrogen and oxygen atoms in total. The molecule has 1 unspecified atom stereocenters. The molecule has 0 saturated carbocycles. The molecule has 2 rings (SSSR count). The van der Waals surface area contributed by atoms with Gasteiger partial charge in [-0.1, -0.05) is 0 Å². The highest BCUT2D eigenvalue weighted by Gasteiger charge is 2.23. The maximum Gasteiger partial charge on any atom is 0.263 e. The fraction of sp³-hybridized carbons (Fsp3) is 0.500. The van der Waals surface area contributed by atoms with Crippen LogP contribution in [0.5, 0.6) is 5.75 Å². The van der Waals surface area contributed by atoms with E-state index in [1.165, 1.54) is 6.07 Å². The van der Waals surface area contributed by atoms with E-state index in [1.54, 1.807) is 11.8 Å². The molecule has 1 fully saturated rings. The molecule has 0 spiro atoms. The van der Waals surface area contributed by atoms with Gasteiger partial charge in [-0.05, 0) is 31.2 Å². The van der Waals surface area contributed by atoms with Crippen molar-refractivity contribution in [3.05, 3.63) is 29.8 Å². The molecule has 1 heterocycles. The minimum absolute atomic E-state index is 0.114. The van der Waals surface area contributed by atoms with E-state index >= 15 is 0 Å². The summed E-state index contributed by atoms with van der Waals surface area (Å²) in [6.07, 6.45) is 0.261. The fourth-order valence-corrected chi connectivity index (χ4v) is 2.92. The second kappa shape index (κ2) is 6.92. The Labute approximate surface area is 121 Å². The SMILES string of the molecule is CC(Oc1ccc(F)c(F)c1)C(=O)N1CCCSCC1. The smallest absolute Gasteiger partial charge is 0.263 e. The van der Waals surface area contributed by atoms with Gasteiger partial charge in [0.25, 0.3) is 5.91 Å². The topological polar surface area (TPSA) is 29.5 Å². The normalized spacial score (nSPS) is 17.4. The minimum atomic E-state index is -0.978. The summed E-state index contributed by atoms with van der Waals surface area (Å²) < 4.78 is 31.3. The van der Waals surface area contributed by atoms with Crippen LogP contribution < -0.4 is 4.74 Å². The third kappa shape index (κ3) is 3.85. The van der Waals surface area contributed by atoms with Gasteiger partial charge >= 0.3 is 0 Å². The number of amides is 1. The van der Waals surface area contributed by atoms with E-state index < -0.39 is 17.7 Å². The number of carbonyl (C=O) groups is 1. The fourth-order valence-electron chi connectivity index (χ4n) is 2.03. The van der Waals surface area contributed by atoms with Crippen LogP contribution in [0.1, 0.15) is 13.3 Å². The van der Waals surface area contributed by atoms with Gasteiger partial charge in [0.1, 0.15) is 5.75 Å². The first-order valence-corrected chi connectivity index (χ1v) is 7.71. The molecule has 1 aromatic carbocycles. The van der Waals surface area contributed by atoms with Crippen molar-refractivity contribution in [1.29, 1.82) is 0 Å². The summed E-state index contributed by atoms with van der Waals surface area (Å²) in [5.74, 6) is 0.117. The van der Waals surface area contributed by atoms with Gasteiger partial charge in [0.2, 0.25) is 0 Å². The minimum Gasteiger partial charge on any atom is -0.481 e. The molecule has 1 amide bonds. The molecular weight excluding hydrogens is 284 g/mol. The molecule has 6 heteroatoms. The van der Waals surface area contributed by atoms with Crippen molar-refractivity contribution in [3.8, 4) is 5.75 Å². The van der Waals surface area contributed by atoms with E-state index in [0.29, 0.717) is 6.54 Å². The van der Waals surface area contributed by atoms with E-state index in [9.17, 15) is 13.6 Å². The molecule has 1 aromatic rings. The number of carbonyl (C=O) groups excluding carboxylic acids is 1. The Hall–Kier alpha value is -1.30. The van der Waals surface area contributed by atoms with Crippen LogP contribution in [0, 0.1) is 11.6 Å². The standard InChI is InChI=1S/C14H17F2NO2S/c1-10(14(18)17-5-2-7-20-8-6-17)19-11-3-4-12(15)13(16)9-11/h3-4,9-10H,2,5-8H2,1H3. The monoisotopic (exact) mass is 301 g/mol. The van der Waals surface area contributed by atoms with Gasteiger partial charge in [0, 0.05) is 24.9 Å². The summed E-state index contributed by atoms with van der Waals surface area (Å²) in [6, 6.07) is 3.27. The molecule has 1 saturated heterocycles. The highest BCUT2D eigenvalue weighted by molar-refractivity contribution is 7.99. The van der Waals surface area contributed by atoms with Gasteiger partial charge in [-0.3, -0.25) is 4.79 Å². The molecular formula is C14H17F2NO2S. The number of hydrogen-bond acceptors (Lipinski definition) is 3. The van der Waals surface area contributed by atoms with Crippen LogP contribution in [0.4, 0.5) is 8.78 Å². The lowest BCUT2D eigenvalue weighted by Gasteiger charge is -2.24. The third-order valence-corrected chi connectivity index (χ3v) is 4.13. The second-order valence-corrected chi connectivity index (χ2v) is 5.85. The molecule has 0 radical (unpaired) electrons. The molecule has 0 aliphatic carbocycles. The summed E-state index contributed by atoms with van der Waals surface area (Å²) in [6.45, 7) is 3.05. The molecule has 1 aliphatic rings. The molecule has 0 aromatic heterocycles. The Bertz CT molecular complexity index is 476. The van der Waals surface area contributed by atoms with Gasteiger partial charge in [0.05, 0.1) is 0 Å². The zero-order chi connectivity index (χ0) is 14.5. The summed E-state index contributed by atoms with van der Waals surface area (Å²) in [5.41, 5.74) is 0. The first-order chi connectivity index (χ1) is 9.58. The van der Waals surface area contributed by atoms with Crippen LogP contribution >= 0.6 is 11.8 Å². The molecule has 1 atom stereocenters. The van der Waals surface area contributed by atoms with E-state index in [0.717, 1.165) is 36.6 Å². The highest BCUT2D eigenvalue weighted by Crippen LogP contribution is 2.18. The van der Waals surface area contributed by atoms with Gasteiger partial charge in [-0.15, -0.1) is 0 Å².